The molecule has 0 spiro atoms. The Balaban J connectivity index is 2.34. The molecule has 0 aromatic heterocycles. The minimum Gasteiger partial charge on any atom is -0.491 e. The summed E-state index contributed by atoms with van der Waals surface area (Å²) >= 11 is 0. The third-order valence-electron chi connectivity index (χ3n) is 2.28. The Morgan fingerprint density at radius 1 is 1.41 bits per heavy atom. The zero-order valence-electron chi connectivity index (χ0n) is 10.0. The Hall–Kier alpha value is -1.57. The molecule has 4 nitrogen and oxygen atoms in total. The van der Waals surface area contributed by atoms with Gasteiger partial charge in [-0.2, -0.15) is 5.26 Å². The lowest BCUT2D eigenvalue weighted by Gasteiger charge is -2.12. The van der Waals surface area contributed by atoms with Crippen LogP contribution in [0.4, 0.5) is 0 Å². The SMILES string of the molecule is CCNCC(O)COc1ccc(CC#N)cc1. The largest absolute Gasteiger partial charge is 0.491 e. The summed E-state index contributed by atoms with van der Waals surface area (Å²) in [6.07, 6.45) is -0.0997. The maximum absolute atomic E-state index is 9.55. The molecule has 17 heavy (non-hydrogen) atoms. The van der Waals surface area contributed by atoms with Crippen LogP contribution < -0.4 is 10.1 Å². The predicted octanol–water partition coefficient (Wildman–Crippen LogP) is 1.10. The second-order valence-electron chi connectivity index (χ2n) is 3.75. The summed E-state index contributed by atoms with van der Waals surface area (Å²) in [6.45, 7) is 3.62. The summed E-state index contributed by atoms with van der Waals surface area (Å²) in [5.74, 6) is 0.710. The van der Waals surface area contributed by atoms with Crippen molar-refractivity contribution in [2.75, 3.05) is 19.7 Å². The van der Waals surface area contributed by atoms with Crippen molar-refractivity contribution in [3.8, 4) is 11.8 Å². The molecule has 0 saturated carbocycles. The van der Waals surface area contributed by atoms with Crippen molar-refractivity contribution in [3.05, 3.63) is 29.8 Å². The monoisotopic (exact) mass is 234 g/mol. The molecule has 0 aliphatic carbocycles. The number of hydrogen-bond donors (Lipinski definition) is 2. The van der Waals surface area contributed by atoms with Gasteiger partial charge in [-0.1, -0.05) is 19.1 Å². The van der Waals surface area contributed by atoms with E-state index in [1.165, 1.54) is 0 Å². The van der Waals surface area contributed by atoms with E-state index in [9.17, 15) is 5.11 Å². The molecule has 1 unspecified atom stereocenters. The molecule has 0 aliphatic rings. The van der Waals surface area contributed by atoms with Crippen LogP contribution in [-0.2, 0) is 6.42 Å². The third-order valence-corrected chi connectivity index (χ3v) is 2.28. The molecule has 0 amide bonds. The maximum Gasteiger partial charge on any atom is 0.119 e. The third kappa shape index (κ3) is 5.34. The van der Waals surface area contributed by atoms with E-state index in [0.29, 0.717) is 18.7 Å². The number of aliphatic hydroxyl groups is 1. The van der Waals surface area contributed by atoms with Gasteiger partial charge in [0.25, 0.3) is 0 Å². The van der Waals surface area contributed by atoms with Crippen molar-refractivity contribution < 1.29 is 9.84 Å². The van der Waals surface area contributed by atoms with Gasteiger partial charge < -0.3 is 15.2 Å². The Morgan fingerprint density at radius 2 is 2.12 bits per heavy atom. The lowest BCUT2D eigenvalue weighted by molar-refractivity contribution is 0.107. The van der Waals surface area contributed by atoms with Gasteiger partial charge in [0.1, 0.15) is 18.5 Å². The van der Waals surface area contributed by atoms with Gasteiger partial charge in [-0.05, 0) is 24.2 Å². The first-order valence-electron chi connectivity index (χ1n) is 5.73. The van der Waals surface area contributed by atoms with Crippen LogP contribution in [0.25, 0.3) is 0 Å². The van der Waals surface area contributed by atoms with Gasteiger partial charge in [-0.3, -0.25) is 0 Å². The lowest BCUT2D eigenvalue weighted by atomic mass is 10.2. The van der Waals surface area contributed by atoms with Crippen molar-refractivity contribution in [3.63, 3.8) is 0 Å². The van der Waals surface area contributed by atoms with Gasteiger partial charge in [0.2, 0.25) is 0 Å². The number of ether oxygens (including phenoxy) is 1. The normalized spacial score (nSPS) is 11.8. The van der Waals surface area contributed by atoms with Gasteiger partial charge in [0, 0.05) is 6.54 Å². The minimum absolute atomic E-state index is 0.268. The zero-order chi connectivity index (χ0) is 12.5. The fraction of sp³-hybridized carbons (Fsp3) is 0.462. The molecule has 0 bridgehead atoms. The van der Waals surface area contributed by atoms with E-state index in [0.717, 1.165) is 12.1 Å². The smallest absolute Gasteiger partial charge is 0.119 e. The summed E-state index contributed by atoms with van der Waals surface area (Å²) in [5, 5.41) is 21.1. The highest BCUT2D eigenvalue weighted by Crippen LogP contribution is 2.12. The van der Waals surface area contributed by atoms with Crippen molar-refractivity contribution in [2.24, 2.45) is 0 Å². The molecule has 0 fully saturated rings. The highest BCUT2D eigenvalue weighted by Gasteiger charge is 2.04. The van der Waals surface area contributed by atoms with Crippen LogP contribution in [0, 0.1) is 11.3 Å². The topological polar surface area (TPSA) is 65.3 Å². The molecule has 4 heteroatoms. The van der Waals surface area contributed by atoms with E-state index in [1.807, 2.05) is 31.2 Å². The van der Waals surface area contributed by atoms with Crippen molar-refractivity contribution >= 4 is 0 Å². The number of nitrogens with zero attached hydrogens (tertiary/aromatic N) is 1. The molecule has 1 atom stereocenters. The second kappa shape index (κ2) is 7.66. The fourth-order valence-electron chi connectivity index (χ4n) is 1.36. The zero-order valence-corrected chi connectivity index (χ0v) is 10.0. The molecule has 1 rings (SSSR count). The molecular weight excluding hydrogens is 216 g/mol. The van der Waals surface area contributed by atoms with E-state index >= 15 is 0 Å². The quantitative estimate of drug-likeness (QED) is 0.741. The highest BCUT2D eigenvalue weighted by molar-refractivity contribution is 5.28. The fourth-order valence-corrected chi connectivity index (χ4v) is 1.36. The molecule has 1 aromatic carbocycles. The van der Waals surface area contributed by atoms with Crippen LogP contribution in [0.3, 0.4) is 0 Å². The second-order valence-corrected chi connectivity index (χ2v) is 3.75. The summed E-state index contributed by atoms with van der Waals surface area (Å²) in [6, 6.07) is 9.42. The molecule has 92 valence electrons. The summed E-state index contributed by atoms with van der Waals surface area (Å²) in [5.41, 5.74) is 0.966. The Morgan fingerprint density at radius 3 is 2.71 bits per heavy atom. The van der Waals surface area contributed by atoms with E-state index in [1.54, 1.807) is 0 Å². The van der Waals surface area contributed by atoms with Crippen molar-refractivity contribution in [2.45, 2.75) is 19.4 Å². The van der Waals surface area contributed by atoms with Gasteiger partial charge in [0.15, 0.2) is 0 Å². The van der Waals surface area contributed by atoms with Crippen LogP contribution in [0.2, 0.25) is 0 Å². The lowest BCUT2D eigenvalue weighted by Crippen LogP contribution is -2.31. The maximum atomic E-state index is 9.55. The molecule has 2 N–H and O–H groups in total. The van der Waals surface area contributed by atoms with Gasteiger partial charge in [0.05, 0.1) is 12.5 Å². The first kappa shape index (κ1) is 13.5. The number of nitriles is 1. The number of hydrogen-bond acceptors (Lipinski definition) is 4. The molecule has 0 saturated heterocycles. The first-order valence-corrected chi connectivity index (χ1v) is 5.73. The van der Waals surface area contributed by atoms with E-state index in [2.05, 4.69) is 11.4 Å². The summed E-state index contributed by atoms with van der Waals surface area (Å²) in [4.78, 5) is 0. The van der Waals surface area contributed by atoms with Crippen LogP contribution >= 0.6 is 0 Å². The Bertz CT molecular complexity index is 357. The van der Waals surface area contributed by atoms with Gasteiger partial charge in [-0.15, -0.1) is 0 Å². The van der Waals surface area contributed by atoms with E-state index < -0.39 is 6.10 Å². The Labute approximate surface area is 102 Å². The molecule has 0 radical (unpaired) electrons. The standard InChI is InChI=1S/C13H18N2O2/c1-2-15-9-12(16)10-17-13-5-3-11(4-6-13)7-8-14/h3-6,12,15-16H,2,7,9-10H2,1H3. The number of rotatable bonds is 7. The van der Waals surface area contributed by atoms with Crippen LogP contribution in [0.15, 0.2) is 24.3 Å². The summed E-state index contributed by atoms with van der Waals surface area (Å²) in [7, 11) is 0. The number of likely N-dealkylation sites (N-methyl/N-ethyl adjacent to an activating group) is 1. The summed E-state index contributed by atoms with van der Waals surface area (Å²) < 4.78 is 5.43. The highest BCUT2D eigenvalue weighted by atomic mass is 16.5. The number of aliphatic hydroxyl groups excluding tert-OH is 1. The number of benzene rings is 1. The van der Waals surface area contributed by atoms with Gasteiger partial charge in [-0.25, -0.2) is 0 Å². The van der Waals surface area contributed by atoms with Crippen LogP contribution in [0.5, 0.6) is 5.75 Å². The minimum atomic E-state index is -0.506. The predicted molar refractivity (Wildman–Crippen MR) is 65.8 cm³/mol. The van der Waals surface area contributed by atoms with E-state index in [-0.39, 0.29) is 6.61 Å². The van der Waals surface area contributed by atoms with Crippen LogP contribution in [-0.4, -0.2) is 30.9 Å². The van der Waals surface area contributed by atoms with Crippen molar-refractivity contribution in [1.29, 1.82) is 5.26 Å². The van der Waals surface area contributed by atoms with Crippen molar-refractivity contribution in [1.82, 2.24) is 5.32 Å². The molecule has 0 heterocycles. The average Bonchev–Trinajstić information content (AvgIpc) is 2.36. The Kier molecular flexibility index (Phi) is 6.08. The molecular formula is C13H18N2O2. The number of nitrogens with one attached hydrogen (secondary N) is 1. The molecule has 0 aliphatic heterocycles. The van der Waals surface area contributed by atoms with Gasteiger partial charge >= 0.3 is 0 Å². The average molecular weight is 234 g/mol. The van der Waals surface area contributed by atoms with E-state index in [4.69, 9.17) is 10.00 Å². The van der Waals surface area contributed by atoms with Crippen LogP contribution in [0.1, 0.15) is 12.5 Å². The first-order chi connectivity index (χ1) is 8.26. The molecule has 1 aromatic rings.